The molecule has 0 saturated carbocycles. The maximum absolute atomic E-state index is 8.88. The number of hydrogen-bond acceptors (Lipinski definition) is 4. The van der Waals surface area contributed by atoms with Gasteiger partial charge in [0, 0.05) is 51.2 Å². The molecule has 20 heavy (non-hydrogen) atoms. The minimum absolute atomic E-state index is 0.252. The van der Waals surface area contributed by atoms with Crippen molar-refractivity contribution in [2.45, 2.75) is 27.7 Å². The summed E-state index contributed by atoms with van der Waals surface area (Å²) in [6.45, 7) is 18.1. The van der Waals surface area contributed by atoms with Crippen LogP contribution in [0.4, 0.5) is 0 Å². The molecule has 1 aliphatic heterocycles. The Morgan fingerprint density at radius 3 is 2.25 bits per heavy atom. The van der Waals surface area contributed by atoms with E-state index in [1.54, 1.807) is 0 Å². The summed E-state index contributed by atoms with van der Waals surface area (Å²) in [5, 5.41) is 8.88. The highest BCUT2D eigenvalue weighted by Crippen LogP contribution is 2.04. The highest BCUT2D eigenvalue weighted by molar-refractivity contribution is 5.78. The number of allylic oxidation sites excluding steroid dienone is 2. The van der Waals surface area contributed by atoms with Crippen molar-refractivity contribution in [1.82, 2.24) is 9.80 Å². The summed E-state index contributed by atoms with van der Waals surface area (Å²) in [7, 11) is 0. The lowest BCUT2D eigenvalue weighted by atomic mass is 10.2. The van der Waals surface area contributed by atoms with Crippen LogP contribution in [0.25, 0.3) is 0 Å². The number of aliphatic hydroxyl groups is 1. The highest BCUT2D eigenvalue weighted by Gasteiger charge is 2.15. The van der Waals surface area contributed by atoms with Crippen LogP contribution in [0.2, 0.25) is 0 Å². The molecule has 0 spiro atoms. The zero-order chi connectivity index (χ0) is 15.4. The molecule has 0 bridgehead atoms. The van der Waals surface area contributed by atoms with Crippen LogP contribution in [0.15, 0.2) is 28.9 Å². The van der Waals surface area contributed by atoms with E-state index in [0.717, 1.165) is 50.5 Å². The summed E-state index contributed by atoms with van der Waals surface area (Å²) < 4.78 is 0. The third-order valence-electron chi connectivity index (χ3n) is 3.18. The summed E-state index contributed by atoms with van der Waals surface area (Å²) >= 11 is 0. The molecule has 0 aliphatic carbocycles. The zero-order valence-electron chi connectivity index (χ0n) is 13.6. The summed E-state index contributed by atoms with van der Waals surface area (Å²) in [6, 6.07) is 0. The number of nitrogens with zero attached hydrogens (tertiary/aromatic N) is 3. The molecule has 0 amide bonds. The van der Waals surface area contributed by atoms with Gasteiger partial charge in [0.1, 0.15) is 0 Å². The molecular weight excluding hydrogens is 250 g/mol. The molecule has 0 unspecified atom stereocenters. The fourth-order valence-corrected chi connectivity index (χ4v) is 1.91. The number of hydrogen-bond donors (Lipinski definition) is 1. The van der Waals surface area contributed by atoms with E-state index >= 15 is 0 Å². The van der Waals surface area contributed by atoms with Gasteiger partial charge in [0.05, 0.1) is 6.61 Å². The Bertz CT molecular complexity index is 316. The van der Waals surface area contributed by atoms with Crippen LogP contribution in [0.1, 0.15) is 27.7 Å². The Balaban J connectivity index is 0.00000172. The van der Waals surface area contributed by atoms with Gasteiger partial charge in [-0.1, -0.05) is 26.5 Å². The summed E-state index contributed by atoms with van der Waals surface area (Å²) in [6.07, 6.45) is 3.84. The number of aliphatic imine (C=N–C) groups is 1. The molecule has 0 aromatic rings. The number of β-amino-alcohol motifs (C(OH)–C–C–N with tert-alkyl or cyclic N) is 1. The first-order valence-electron chi connectivity index (χ1n) is 7.56. The zero-order valence-corrected chi connectivity index (χ0v) is 13.6. The van der Waals surface area contributed by atoms with Crippen LogP contribution in [-0.4, -0.2) is 67.0 Å². The molecule has 0 aromatic heterocycles. The van der Waals surface area contributed by atoms with E-state index in [4.69, 9.17) is 5.11 Å². The molecule has 0 aromatic carbocycles. The van der Waals surface area contributed by atoms with Gasteiger partial charge in [0.15, 0.2) is 0 Å². The minimum atomic E-state index is 0.252. The average molecular weight is 281 g/mol. The van der Waals surface area contributed by atoms with Gasteiger partial charge in [-0.15, -0.1) is 0 Å². The van der Waals surface area contributed by atoms with Crippen LogP contribution in [0, 0.1) is 0 Å². The SMILES string of the molecule is C=C(C=N/C(C)=C\C)CN1CCN(CCO)CC1.CC. The van der Waals surface area contributed by atoms with Gasteiger partial charge in [0.2, 0.25) is 0 Å². The smallest absolute Gasteiger partial charge is 0.0558 e. The second kappa shape index (κ2) is 11.8. The van der Waals surface area contributed by atoms with Crippen LogP contribution < -0.4 is 0 Å². The largest absolute Gasteiger partial charge is 0.395 e. The Morgan fingerprint density at radius 1 is 1.20 bits per heavy atom. The van der Waals surface area contributed by atoms with Crippen LogP contribution >= 0.6 is 0 Å². The van der Waals surface area contributed by atoms with Crippen molar-refractivity contribution in [3.63, 3.8) is 0 Å². The van der Waals surface area contributed by atoms with Crippen molar-refractivity contribution in [3.05, 3.63) is 23.9 Å². The fourth-order valence-electron chi connectivity index (χ4n) is 1.91. The van der Waals surface area contributed by atoms with Gasteiger partial charge < -0.3 is 5.11 Å². The van der Waals surface area contributed by atoms with Crippen LogP contribution in [0.3, 0.4) is 0 Å². The van der Waals surface area contributed by atoms with Crippen molar-refractivity contribution in [1.29, 1.82) is 0 Å². The number of rotatable bonds is 6. The first kappa shape index (κ1) is 19.0. The Morgan fingerprint density at radius 2 is 1.75 bits per heavy atom. The highest BCUT2D eigenvalue weighted by atomic mass is 16.3. The molecule has 116 valence electrons. The Kier molecular flexibility index (Phi) is 11.3. The molecule has 1 saturated heterocycles. The molecule has 4 nitrogen and oxygen atoms in total. The number of aliphatic hydroxyl groups excluding tert-OH is 1. The predicted octanol–water partition coefficient (Wildman–Crippen LogP) is 2.17. The maximum atomic E-state index is 8.88. The van der Waals surface area contributed by atoms with Gasteiger partial charge in [0.25, 0.3) is 0 Å². The lowest BCUT2D eigenvalue weighted by Gasteiger charge is -2.34. The van der Waals surface area contributed by atoms with E-state index in [0.29, 0.717) is 0 Å². The maximum Gasteiger partial charge on any atom is 0.0558 e. The third kappa shape index (κ3) is 8.25. The van der Waals surface area contributed by atoms with E-state index in [1.807, 2.05) is 40.0 Å². The summed E-state index contributed by atoms with van der Waals surface area (Å²) in [5.41, 5.74) is 2.07. The molecule has 1 fully saturated rings. The van der Waals surface area contributed by atoms with Crippen molar-refractivity contribution in [2.24, 2.45) is 4.99 Å². The molecular formula is C16H31N3O. The second-order valence-corrected chi connectivity index (χ2v) is 4.69. The third-order valence-corrected chi connectivity index (χ3v) is 3.18. The standard InChI is InChI=1S/C14H25N3O.C2H6/c1-4-14(3)15-11-13(2)12-17-7-5-16(6-8-17)9-10-18;1-2/h4,11,18H,2,5-10,12H2,1,3H3;1-2H3/b14-4-,15-11?;. The minimum Gasteiger partial charge on any atom is -0.395 e. The average Bonchev–Trinajstić information content (AvgIpc) is 2.49. The topological polar surface area (TPSA) is 39.1 Å². The lowest BCUT2D eigenvalue weighted by molar-refractivity contribution is 0.119. The van der Waals surface area contributed by atoms with E-state index in [9.17, 15) is 0 Å². The lowest BCUT2D eigenvalue weighted by Crippen LogP contribution is -2.47. The fraction of sp³-hybridized carbons (Fsp3) is 0.688. The van der Waals surface area contributed by atoms with Crippen LogP contribution in [-0.2, 0) is 0 Å². The van der Waals surface area contributed by atoms with Gasteiger partial charge in [-0.25, -0.2) is 0 Å². The summed E-state index contributed by atoms with van der Waals surface area (Å²) in [4.78, 5) is 8.99. The second-order valence-electron chi connectivity index (χ2n) is 4.69. The van der Waals surface area contributed by atoms with Gasteiger partial charge in [-0.3, -0.25) is 14.8 Å². The Hall–Kier alpha value is -0.970. The quantitative estimate of drug-likeness (QED) is 0.759. The molecule has 1 aliphatic rings. The molecule has 0 atom stereocenters. The van der Waals surface area contributed by atoms with Crippen molar-refractivity contribution < 1.29 is 5.11 Å². The monoisotopic (exact) mass is 281 g/mol. The van der Waals surface area contributed by atoms with Crippen LogP contribution in [0.5, 0.6) is 0 Å². The van der Waals surface area contributed by atoms with E-state index in [-0.39, 0.29) is 6.61 Å². The molecule has 4 heteroatoms. The Labute approximate surface area is 124 Å². The van der Waals surface area contributed by atoms with Crippen molar-refractivity contribution >= 4 is 6.21 Å². The molecule has 0 radical (unpaired) electrons. The molecule has 1 heterocycles. The van der Waals surface area contributed by atoms with Crippen molar-refractivity contribution in [3.8, 4) is 0 Å². The first-order chi connectivity index (χ1) is 9.65. The van der Waals surface area contributed by atoms with Gasteiger partial charge in [-0.05, 0) is 19.4 Å². The van der Waals surface area contributed by atoms with Crippen molar-refractivity contribution in [2.75, 3.05) is 45.9 Å². The molecule has 1 N–H and O–H groups in total. The first-order valence-corrected chi connectivity index (χ1v) is 7.56. The van der Waals surface area contributed by atoms with Gasteiger partial charge in [-0.2, -0.15) is 0 Å². The van der Waals surface area contributed by atoms with E-state index < -0.39 is 0 Å². The number of piperazine rings is 1. The van der Waals surface area contributed by atoms with Gasteiger partial charge >= 0.3 is 0 Å². The predicted molar refractivity (Wildman–Crippen MR) is 88.4 cm³/mol. The molecule has 1 rings (SSSR count). The normalized spacial score (nSPS) is 17.9. The summed E-state index contributed by atoms with van der Waals surface area (Å²) in [5.74, 6) is 0. The van der Waals surface area contributed by atoms with E-state index in [1.165, 1.54) is 0 Å². The van der Waals surface area contributed by atoms with E-state index in [2.05, 4.69) is 21.4 Å².